The molecule has 0 unspecified atom stereocenters. The number of carbonyl (C=O) groups is 1. The summed E-state index contributed by atoms with van der Waals surface area (Å²) in [5.74, 6) is 0. The van der Waals surface area contributed by atoms with Crippen LogP contribution in [0.1, 0.15) is 5.56 Å². The number of hydrogen-bond acceptors (Lipinski definition) is 3. The van der Waals surface area contributed by atoms with Gasteiger partial charge in [0.15, 0.2) is 0 Å². The lowest BCUT2D eigenvalue weighted by Crippen LogP contribution is -2.49. The van der Waals surface area contributed by atoms with E-state index in [-0.39, 0.29) is 6.61 Å². The zero-order chi connectivity index (χ0) is 18.4. The van der Waals surface area contributed by atoms with Crippen molar-refractivity contribution in [1.29, 1.82) is 0 Å². The Morgan fingerprint density at radius 2 is 1.76 bits per heavy atom. The molecule has 0 fully saturated rings. The highest BCUT2D eigenvalue weighted by atomic mass is 35.6. The first kappa shape index (κ1) is 20.3. The van der Waals surface area contributed by atoms with Gasteiger partial charge in [0.1, 0.15) is 12.8 Å². The van der Waals surface area contributed by atoms with Crippen molar-refractivity contribution in [3.05, 3.63) is 64.1 Å². The summed E-state index contributed by atoms with van der Waals surface area (Å²) in [7, 11) is 0. The summed E-state index contributed by atoms with van der Waals surface area (Å²) < 4.78 is 3.27. The SMILES string of the molecule is O=C(N[C@H](Nc1ccc(Cl)cc1Cl)C(Cl)(Cl)Cl)OCc1ccccc1. The van der Waals surface area contributed by atoms with Crippen molar-refractivity contribution in [2.45, 2.75) is 16.6 Å². The van der Waals surface area contributed by atoms with Gasteiger partial charge in [-0.05, 0) is 23.8 Å². The molecular formula is C16H13Cl5N2O2. The van der Waals surface area contributed by atoms with Crippen LogP contribution < -0.4 is 10.6 Å². The normalized spacial score (nSPS) is 12.4. The first-order valence-electron chi connectivity index (χ1n) is 7.01. The Kier molecular flexibility index (Phi) is 7.35. The average molecular weight is 443 g/mol. The molecule has 0 aliphatic heterocycles. The summed E-state index contributed by atoms with van der Waals surface area (Å²) in [6.45, 7) is 0.0843. The van der Waals surface area contributed by atoms with E-state index >= 15 is 0 Å². The fourth-order valence-corrected chi connectivity index (χ4v) is 2.63. The van der Waals surface area contributed by atoms with Crippen molar-refractivity contribution in [2.75, 3.05) is 5.32 Å². The zero-order valence-corrected chi connectivity index (χ0v) is 16.4. The summed E-state index contributed by atoms with van der Waals surface area (Å²) in [4.78, 5) is 12.0. The minimum Gasteiger partial charge on any atom is -0.445 e. The van der Waals surface area contributed by atoms with Gasteiger partial charge in [-0.3, -0.25) is 5.32 Å². The zero-order valence-electron chi connectivity index (χ0n) is 12.6. The third kappa shape index (κ3) is 6.65. The maximum atomic E-state index is 12.0. The van der Waals surface area contributed by atoms with Crippen LogP contribution in [0.15, 0.2) is 48.5 Å². The number of nitrogens with one attached hydrogen (secondary N) is 2. The van der Waals surface area contributed by atoms with Gasteiger partial charge in [-0.15, -0.1) is 0 Å². The second-order valence-corrected chi connectivity index (χ2v) is 8.16. The van der Waals surface area contributed by atoms with E-state index in [0.29, 0.717) is 15.7 Å². The van der Waals surface area contributed by atoms with E-state index in [1.165, 1.54) is 6.07 Å². The van der Waals surface area contributed by atoms with Crippen LogP contribution in [0.25, 0.3) is 0 Å². The average Bonchev–Trinajstić information content (AvgIpc) is 2.54. The number of carbonyl (C=O) groups excluding carboxylic acids is 1. The minimum atomic E-state index is -1.85. The van der Waals surface area contributed by atoms with E-state index in [9.17, 15) is 4.79 Å². The van der Waals surface area contributed by atoms with Crippen LogP contribution in [-0.4, -0.2) is 16.1 Å². The van der Waals surface area contributed by atoms with E-state index in [1.54, 1.807) is 12.1 Å². The number of rotatable bonds is 5. The smallest absolute Gasteiger partial charge is 0.409 e. The highest BCUT2D eigenvalue weighted by Gasteiger charge is 2.35. The van der Waals surface area contributed by atoms with Gasteiger partial charge < -0.3 is 10.1 Å². The van der Waals surface area contributed by atoms with E-state index in [1.807, 2.05) is 30.3 Å². The molecular weight excluding hydrogens is 429 g/mol. The molecule has 1 amide bonds. The van der Waals surface area contributed by atoms with Crippen LogP contribution in [0, 0.1) is 0 Å². The number of halogens is 5. The molecule has 0 heterocycles. The van der Waals surface area contributed by atoms with Gasteiger partial charge in [-0.1, -0.05) is 88.3 Å². The van der Waals surface area contributed by atoms with E-state index in [4.69, 9.17) is 62.7 Å². The number of anilines is 1. The summed E-state index contributed by atoms with van der Waals surface area (Å²) in [5.41, 5.74) is 1.27. The van der Waals surface area contributed by atoms with Gasteiger partial charge in [-0.2, -0.15) is 0 Å². The lowest BCUT2D eigenvalue weighted by Gasteiger charge is -2.27. The standard InChI is InChI=1S/C16H13Cl5N2O2/c17-11-6-7-13(12(18)8-11)22-14(16(19,20)21)23-15(24)25-9-10-4-2-1-3-5-10/h1-8,14,22H,9H2,(H,23,24)/t14-/m0/s1. The molecule has 2 aromatic carbocycles. The Labute approximate surface area is 170 Å². The molecule has 25 heavy (non-hydrogen) atoms. The monoisotopic (exact) mass is 440 g/mol. The summed E-state index contributed by atoms with van der Waals surface area (Å²) in [6, 6.07) is 13.9. The van der Waals surface area contributed by atoms with Crippen molar-refractivity contribution in [2.24, 2.45) is 0 Å². The number of hydrogen-bond donors (Lipinski definition) is 2. The molecule has 1 atom stereocenters. The van der Waals surface area contributed by atoms with Crippen molar-refractivity contribution >= 4 is 69.8 Å². The van der Waals surface area contributed by atoms with Crippen molar-refractivity contribution in [1.82, 2.24) is 5.32 Å². The maximum Gasteiger partial charge on any atom is 0.409 e. The highest BCUT2D eigenvalue weighted by molar-refractivity contribution is 6.68. The van der Waals surface area contributed by atoms with E-state index in [0.717, 1.165) is 5.56 Å². The molecule has 0 radical (unpaired) electrons. The Morgan fingerprint density at radius 1 is 1.08 bits per heavy atom. The molecule has 4 nitrogen and oxygen atoms in total. The molecule has 0 aliphatic rings. The molecule has 2 aromatic rings. The molecule has 0 aromatic heterocycles. The van der Waals surface area contributed by atoms with Crippen LogP contribution in [0.3, 0.4) is 0 Å². The molecule has 134 valence electrons. The predicted octanol–water partition coefficient (Wildman–Crippen LogP) is 6.03. The molecule has 2 rings (SSSR count). The second-order valence-electron chi connectivity index (χ2n) is 4.95. The van der Waals surface area contributed by atoms with Gasteiger partial charge >= 0.3 is 6.09 Å². The first-order chi connectivity index (χ1) is 11.8. The van der Waals surface area contributed by atoms with Crippen LogP contribution in [0.2, 0.25) is 10.0 Å². The highest BCUT2D eigenvalue weighted by Crippen LogP contribution is 2.33. The quantitative estimate of drug-likeness (QED) is 0.439. The Morgan fingerprint density at radius 3 is 2.36 bits per heavy atom. The molecule has 0 saturated carbocycles. The molecule has 0 aliphatic carbocycles. The number of benzene rings is 2. The predicted molar refractivity (Wildman–Crippen MR) is 104 cm³/mol. The minimum absolute atomic E-state index is 0.0843. The fraction of sp³-hybridized carbons (Fsp3) is 0.188. The van der Waals surface area contributed by atoms with Crippen molar-refractivity contribution in [3.8, 4) is 0 Å². The molecule has 0 saturated heterocycles. The van der Waals surface area contributed by atoms with E-state index < -0.39 is 16.1 Å². The van der Waals surface area contributed by atoms with Crippen LogP contribution in [0.4, 0.5) is 10.5 Å². The fourth-order valence-electron chi connectivity index (χ4n) is 1.84. The Bertz CT molecular complexity index is 722. The lowest BCUT2D eigenvalue weighted by atomic mass is 10.2. The third-order valence-corrected chi connectivity index (χ3v) is 4.24. The Balaban J connectivity index is 2.01. The lowest BCUT2D eigenvalue weighted by molar-refractivity contribution is 0.137. The van der Waals surface area contributed by atoms with Crippen LogP contribution >= 0.6 is 58.0 Å². The third-order valence-electron chi connectivity index (χ3n) is 3.03. The van der Waals surface area contributed by atoms with Gasteiger partial charge in [0.05, 0.1) is 10.7 Å². The number of alkyl halides is 3. The first-order valence-corrected chi connectivity index (χ1v) is 8.90. The van der Waals surface area contributed by atoms with E-state index in [2.05, 4.69) is 10.6 Å². The van der Waals surface area contributed by atoms with Crippen LogP contribution in [0.5, 0.6) is 0 Å². The van der Waals surface area contributed by atoms with Gasteiger partial charge in [0, 0.05) is 5.02 Å². The van der Waals surface area contributed by atoms with Crippen molar-refractivity contribution < 1.29 is 9.53 Å². The second kappa shape index (κ2) is 9.06. The largest absolute Gasteiger partial charge is 0.445 e. The summed E-state index contributed by atoms with van der Waals surface area (Å²) in [6.07, 6.45) is -1.84. The number of amides is 1. The number of ether oxygens (including phenoxy) is 1. The molecule has 2 N–H and O–H groups in total. The summed E-state index contributed by atoms with van der Waals surface area (Å²) in [5, 5.41) is 6.07. The van der Waals surface area contributed by atoms with Gasteiger partial charge in [0.25, 0.3) is 0 Å². The Hall–Kier alpha value is -1.04. The number of alkyl carbamates (subject to hydrolysis) is 1. The summed E-state index contributed by atoms with van der Waals surface area (Å²) >= 11 is 29.7. The molecule has 0 bridgehead atoms. The van der Waals surface area contributed by atoms with Crippen molar-refractivity contribution in [3.63, 3.8) is 0 Å². The molecule has 9 heteroatoms. The van der Waals surface area contributed by atoms with Gasteiger partial charge in [0.2, 0.25) is 3.79 Å². The van der Waals surface area contributed by atoms with Crippen LogP contribution in [-0.2, 0) is 11.3 Å². The topological polar surface area (TPSA) is 50.4 Å². The van der Waals surface area contributed by atoms with Gasteiger partial charge in [-0.25, -0.2) is 4.79 Å². The maximum absolute atomic E-state index is 12.0. The molecule has 0 spiro atoms.